The molecule has 1 aliphatic rings. The van der Waals surface area contributed by atoms with Gasteiger partial charge in [0, 0.05) is 12.6 Å². The van der Waals surface area contributed by atoms with Crippen LogP contribution in [-0.4, -0.2) is 24.5 Å². The van der Waals surface area contributed by atoms with Crippen LogP contribution in [0.25, 0.3) is 0 Å². The van der Waals surface area contributed by atoms with Gasteiger partial charge in [-0.25, -0.2) is 0 Å². The molecule has 0 spiro atoms. The summed E-state index contributed by atoms with van der Waals surface area (Å²) in [5.74, 6) is 0.932. The van der Waals surface area contributed by atoms with Crippen LogP contribution in [0.1, 0.15) is 33.1 Å². The van der Waals surface area contributed by atoms with E-state index < -0.39 is 0 Å². The van der Waals surface area contributed by atoms with Crippen molar-refractivity contribution in [3.8, 4) is 0 Å². The lowest BCUT2D eigenvalue weighted by Crippen LogP contribution is -2.24. The van der Waals surface area contributed by atoms with Crippen molar-refractivity contribution in [3.05, 3.63) is 0 Å². The lowest BCUT2D eigenvalue weighted by Gasteiger charge is -2.17. The maximum absolute atomic E-state index is 2.51. The summed E-state index contributed by atoms with van der Waals surface area (Å²) in [7, 11) is 2.25. The zero-order valence-corrected chi connectivity index (χ0v) is 7.43. The minimum Gasteiger partial charge on any atom is -0.303 e. The van der Waals surface area contributed by atoms with Crippen LogP contribution in [0.3, 0.4) is 0 Å². The number of rotatable bonds is 2. The molecular formula is C9H19N. The molecule has 0 aromatic rings. The van der Waals surface area contributed by atoms with Crippen LogP contribution >= 0.6 is 0 Å². The molecule has 1 rings (SSSR count). The summed E-state index contributed by atoms with van der Waals surface area (Å²) in [4.78, 5) is 2.51. The summed E-state index contributed by atoms with van der Waals surface area (Å²) in [6.45, 7) is 5.94. The monoisotopic (exact) mass is 141 g/mol. The summed E-state index contributed by atoms with van der Waals surface area (Å²) in [6, 6.07) is 0.889. The number of hydrogen-bond acceptors (Lipinski definition) is 1. The van der Waals surface area contributed by atoms with Gasteiger partial charge in [-0.05, 0) is 25.8 Å². The van der Waals surface area contributed by atoms with Gasteiger partial charge in [-0.3, -0.25) is 0 Å². The molecule has 0 amide bonds. The minimum absolute atomic E-state index is 0.889. The van der Waals surface area contributed by atoms with Gasteiger partial charge in [0.15, 0.2) is 0 Å². The van der Waals surface area contributed by atoms with E-state index in [-0.39, 0.29) is 0 Å². The summed E-state index contributed by atoms with van der Waals surface area (Å²) < 4.78 is 0. The predicted molar refractivity (Wildman–Crippen MR) is 45.1 cm³/mol. The van der Waals surface area contributed by atoms with Crippen LogP contribution in [0, 0.1) is 5.92 Å². The molecule has 2 atom stereocenters. The summed E-state index contributed by atoms with van der Waals surface area (Å²) >= 11 is 0. The third-order valence-corrected chi connectivity index (χ3v) is 2.52. The molecule has 0 aromatic carbocycles. The largest absolute Gasteiger partial charge is 0.303 e. The third-order valence-electron chi connectivity index (χ3n) is 2.52. The van der Waals surface area contributed by atoms with Crippen molar-refractivity contribution < 1.29 is 0 Å². The third kappa shape index (κ3) is 1.72. The first-order chi connectivity index (χ1) is 4.74. The molecule has 1 saturated heterocycles. The highest BCUT2D eigenvalue weighted by molar-refractivity contribution is 4.80. The number of hydrogen-bond donors (Lipinski definition) is 0. The molecule has 1 nitrogen and oxygen atoms in total. The molecule has 0 saturated carbocycles. The SMILES string of the molecule is CCC[C@@H]1C[C@@H](C)CN1C. The lowest BCUT2D eigenvalue weighted by atomic mass is 10.0. The van der Waals surface area contributed by atoms with E-state index in [9.17, 15) is 0 Å². The standard InChI is InChI=1S/C9H19N/c1-4-5-9-6-8(2)7-10(9)3/h8-9H,4-7H2,1-3H3/t8-,9-/m1/s1. The second-order valence-corrected chi connectivity index (χ2v) is 3.72. The molecular weight excluding hydrogens is 122 g/mol. The van der Waals surface area contributed by atoms with Crippen molar-refractivity contribution >= 4 is 0 Å². The van der Waals surface area contributed by atoms with E-state index in [4.69, 9.17) is 0 Å². The second-order valence-electron chi connectivity index (χ2n) is 3.72. The van der Waals surface area contributed by atoms with E-state index in [2.05, 4.69) is 25.8 Å². The fourth-order valence-corrected chi connectivity index (χ4v) is 2.03. The molecule has 0 aliphatic carbocycles. The first-order valence-corrected chi connectivity index (χ1v) is 4.44. The lowest BCUT2D eigenvalue weighted by molar-refractivity contribution is 0.293. The van der Waals surface area contributed by atoms with Crippen molar-refractivity contribution in [2.45, 2.75) is 39.2 Å². The van der Waals surface area contributed by atoms with Gasteiger partial charge < -0.3 is 4.90 Å². The zero-order chi connectivity index (χ0) is 7.56. The average Bonchev–Trinajstić information content (AvgIpc) is 2.13. The Kier molecular flexibility index (Phi) is 2.72. The average molecular weight is 141 g/mol. The van der Waals surface area contributed by atoms with Gasteiger partial charge in [-0.1, -0.05) is 20.3 Å². The Morgan fingerprint density at radius 2 is 2.20 bits per heavy atom. The normalized spacial score (nSPS) is 35.1. The van der Waals surface area contributed by atoms with Crippen LogP contribution < -0.4 is 0 Å². The Morgan fingerprint density at radius 1 is 1.50 bits per heavy atom. The van der Waals surface area contributed by atoms with Gasteiger partial charge in [0.1, 0.15) is 0 Å². The molecule has 10 heavy (non-hydrogen) atoms. The molecule has 60 valence electrons. The second kappa shape index (κ2) is 3.38. The molecule has 1 aliphatic heterocycles. The van der Waals surface area contributed by atoms with Gasteiger partial charge in [0.2, 0.25) is 0 Å². The maximum Gasteiger partial charge on any atom is 0.00952 e. The molecule has 0 N–H and O–H groups in total. The van der Waals surface area contributed by atoms with E-state index >= 15 is 0 Å². The van der Waals surface area contributed by atoms with Crippen LogP contribution in [-0.2, 0) is 0 Å². The van der Waals surface area contributed by atoms with Crippen molar-refractivity contribution in [2.75, 3.05) is 13.6 Å². The fraction of sp³-hybridized carbons (Fsp3) is 1.00. The Hall–Kier alpha value is -0.0400. The van der Waals surface area contributed by atoms with Gasteiger partial charge in [-0.2, -0.15) is 0 Å². The first kappa shape index (κ1) is 8.06. The van der Waals surface area contributed by atoms with Crippen molar-refractivity contribution in [1.82, 2.24) is 4.90 Å². The number of likely N-dealkylation sites (tertiary alicyclic amines) is 1. The number of nitrogens with zero attached hydrogens (tertiary/aromatic N) is 1. The molecule has 1 fully saturated rings. The Labute approximate surface area is 64.4 Å². The Morgan fingerprint density at radius 3 is 2.60 bits per heavy atom. The minimum atomic E-state index is 0.889. The van der Waals surface area contributed by atoms with E-state index in [0.29, 0.717) is 0 Å². The van der Waals surface area contributed by atoms with E-state index in [1.54, 1.807) is 0 Å². The molecule has 1 heterocycles. The summed E-state index contributed by atoms with van der Waals surface area (Å²) in [6.07, 6.45) is 4.15. The van der Waals surface area contributed by atoms with E-state index in [1.165, 1.54) is 25.8 Å². The highest BCUT2D eigenvalue weighted by atomic mass is 15.1. The first-order valence-electron chi connectivity index (χ1n) is 4.44. The summed E-state index contributed by atoms with van der Waals surface area (Å²) in [5, 5.41) is 0. The topological polar surface area (TPSA) is 3.24 Å². The van der Waals surface area contributed by atoms with Gasteiger partial charge in [0.05, 0.1) is 0 Å². The summed E-state index contributed by atoms with van der Waals surface area (Å²) in [5.41, 5.74) is 0. The molecule has 1 heteroatoms. The predicted octanol–water partition coefficient (Wildman–Crippen LogP) is 2.13. The van der Waals surface area contributed by atoms with Crippen LogP contribution in [0.15, 0.2) is 0 Å². The highest BCUT2D eigenvalue weighted by Crippen LogP contribution is 2.23. The smallest absolute Gasteiger partial charge is 0.00952 e. The molecule has 0 unspecified atom stereocenters. The zero-order valence-electron chi connectivity index (χ0n) is 7.43. The Bertz CT molecular complexity index is 101. The van der Waals surface area contributed by atoms with Crippen LogP contribution in [0.2, 0.25) is 0 Å². The highest BCUT2D eigenvalue weighted by Gasteiger charge is 2.24. The van der Waals surface area contributed by atoms with Crippen molar-refractivity contribution in [2.24, 2.45) is 5.92 Å². The fourth-order valence-electron chi connectivity index (χ4n) is 2.03. The van der Waals surface area contributed by atoms with Gasteiger partial charge >= 0.3 is 0 Å². The molecule has 0 bridgehead atoms. The molecule has 0 aromatic heterocycles. The van der Waals surface area contributed by atoms with Crippen molar-refractivity contribution in [1.29, 1.82) is 0 Å². The van der Waals surface area contributed by atoms with E-state index in [0.717, 1.165) is 12.0 Å². The molecule has 0 radical (unpaired) electrons. The maximum atomic E-state index is 2.51. The van der Waals surface area contributed by atoms with Gasteiger partial charge in [-0.15, -0.1) is 0 Å². The van der Waals surface area contributed by atoms with E-state index in [1.807, 2.05) is 0 Å². The van der Waals surface area contributed by atoms with Crippen molar-refractivity contribution in [3.63, 3.8) is 0 Å². The van der Waals surface area contributed by atoms with Crippen LogP contribution in [0.4, 0.5) is 0 Å². The van der Waals surface area contributed by atoms with Gasteiger partial charge in [0.25, 0.3) is 0 Å². The quantitative estimate of drug-likeness (QED) is 0.569. The van der Waals surface area contributed by atoms with Crippen LogP contribution in [0.5, 0.6) is 0 Å². The Balaban J connectivity index is 2.31.